The molecule has 1 rings (SSSR count). The van der Waals surface area contributed by atoms with Crippen molar-refractivity contribution in [3.8, 4) is 0 Å². The number of nitrogens with zero attached hydrogens (tertiary/aromatic N) is 1. The Labute approximate surface area is 110 Å². The predicted octanol–water partition coefficient (Wildman–Crippen LogP) is 0.198. The molecule has 0 aliphatic carbocycles. The van der Waals surface area contributed by atoms with E-state index in [1.165, 1.54) is 6.42 Å². The molecule has 2 atom stereocenters. The van der Waals surface area contributed by atoms with Gasteiger partial charge in [-0.25, -0.2) is 0 Å². The summed E-state index contributed by atoms with van der Waals surface area (Å²) in [5.74, 6) is 0.425. The van der Waals surface area contributed by atoms with Crippen LogP contribution in [0.25, 0.3) is 0 Å². The summed E-state index contributed by atoms with van der Waals surface area (Å²) in [6, 6.07) is -0.0909. The van der Waals surface area contributed by atoms with Gasteiger partial charge >= 0.3 is 0 Å². The molecule has 5 nitrogen and oxygen atoms in total. The number of ether oxygens (including phenoxy) is 1. The van der Waals surface area contributed by atoms with E-state index in [1.54, 1.807) is 7.11 Å². The van der Waals surface area contributed by atoms with Crippen LogP contribution in [0.3, 0.4) is 0 Å². The van der Waals surface area contributed by atoms with Crippen LogP contribution in [0, 0.1) is 5.92 Å². The van der Waals surface area contributed by atoms with Crippen molar-refractivity contribution in [1.29, 1.82) is 0 Å². The number of methoxy groups -OCH3 is 1. The van der Waals surface area contributed by atoms with E-state index in [9.17, 15) is 4.79 Å². The summed E-state index contributed by atoms with van der Waals surface area (Å²) in [6.45, 7) is 6.62. The van der Waals surface area contributed by atoms with Gasteiger partial charge in [-0.2, -0.15) is 0 Å². The van der Waals surface area contributed by atoms with E-state index in [0.717, 1.165) is 45.6 Å². The zero-order valence-electron chi connectivity index (χ0n) is 11.7. The Bertz CT molecular complexity index is 248. The lowest BCUT2D eigenvalue weighted by Crippen LogP contribution is -2.50. The quantitative estimate of drug-likeness (QED) is 0.610. The lowest BCUT2D eigenvalue weighted by Gasteiger charge is -2.36. The summed E-state index contributed by atoms with van der Waals surface area (Å²) in [7, 11) is 1.71. The topological polar surface area (TPSA) is 67.6 Å². The Morgan fingerprint density at radius 3 is 3.00 bits per heavy atom. The van der Waals surface area contributed by atoms with Gasteiger partial charge in [-0.05, 0) is 38.3 Å². The minimum atomic E-state index is -0.189. The van der Waals surface area contributed by atoms with Crippen molar-refractivity contribution in [2.75, 3.05) is 39.9 Å². The van der Waals surface area contributed by atoms with Gasteiger partial charge < -0.3 is 15.8 Å². The number of carbonyl (C=O) groups is 1. The molecule has 2 unspecified atom stereocenters. The minimum absolute atomic E-state index is 0.0909. The van der Waals surface area contributed by atoms with E-state index in [2.05, 4.69) is 10.2 Å². The fourth-order valence-electron chi connectivity index (χ4n) is 2.67. The average molecular weight is 257 g/mol. The molecule has 0 radical (unpaired) electrons. The lowest BCUT2D eigenvalue weighted by molar-refractivity contribution is -0.124. The fraction of sp³-hybridized carbons (Fsp3) is 0.923. The number of likely N-dealkylation sites (tertiary alicyclic amines) is 1. The highest BCUT2D eigenvalue weighted by Crippen LogP contribution is 2.19. The molecule has 3 N–H and O–H groups in total. The van der Waals surface area contributed by atoms with Crippen LogP contribution in [0.1, 0.15) is 26.2 Å². The van der Waals surface area contributed by atoms with Crippen LogP contribution < -0.4 is 11.1 Å². The number of amides is 1. The summed E-state index contributed by atoms with van der Waals surface area (Å²) in [6.07, 6.45) is 3.19. The van der Waals surface area contributed by atoms with Gasteiger partial charge in [-0.1, -0.05) is 6.92 Å². The Morgan fingerprint density at radius 2 is 2.39 bits per heavy atom. The number of nitrogens with two attached hydrogens (primary N) is 1. The fourth-order valence-corrected chi connectivity index (χ4v) is 2.67. The SMILES string of the molecule is CCC(C(N)=O)N1CCCC(CNCCOC)C1. The third kappa shape index (κ3) is 4.92. The third-order valence-corrected chi connectivity index (χ3v) is 3.62. The van der Waals surface area contributed by atoms with Crippen LogP contribution in [0.15, 0.2) is 0 Å². The second kappa shape index (κ2) is 8.45. The number of rotatable bonds is 8. The maximum absolute atomic E-state index is 11.4. The third-order valence-electron chi connectivity index (χ3n) is 3.62. The summed E-state index contributed by atoms with van der Waals surface area (Å²) < 4.78 is 5.01. The van der Waals surface area contributed by atoms with E-state index in [4.69, 9.17) is 10.5 Å². The first-order valence-corrected chi connectivity index (χ1v) is 6.92. The first-order valence-electron chi connectivity index (χ1n) is 6.92. The Hall–Kier alpha value is -0.650. The summed E-state index contributed by atoms with van der Waals surface area (Å²) in [5.41, 5.74) is 5.45. The number of nitrogens with one attached hydrogen (secondary N) is 1. The monoisotopic (exact) mass is 257 g/mol. The molecule has 0 saturated carbocycles. The standard InChI is InChI=1S/C13H27N3O2/c1-3-12(13(14)17)16-7-4-5-11(10-16)9-15-6-8-18-2/h11-12,15H,3-10H2,1-2H3,(H2,14,17). The van der Waals surface area contributed by atoms with Crippen LogP contribution >= 0.6 is 0 Å². The van der Waals surface area contributed by atoms with Crippen molar-refractivity contribution >= 4 is 5.91 Å². The Balaban J connectivity index is 2.33. The number of carbonyl (C=O) groups excluding carboxylic acids is 1. The van der Waals surface area contributed by atoms with Crippen LogP contribution in [-0.4, -0.2) is 56.7 Å². The number of hydrogen-bond donors (Lipinski definition) is 2. The van der Waals surface area contributed by atoms with Gasteiger partial charge in [-0.15, -0.1) is 0 Å². The highest BCUT2D eigenvalue weighted by atomic mass is 16.5. The molecule has 1 aliphatic heterocycles. The average Bonchev–Trinajstić information content (AvgIpc) is 2.36. The van der Waals surface area contributed by atoms with E-state index in [1.807, 2.05) is 6.92 Å². The zero-order valence-corrected chi connectivity index (χ0v) is 11.7. The van der Waals surface area contributed by atoms with Gasteiger partial charge in [-0.3, -0.25) is 9.69 Å². The van der Waals surface area contributed by atoms with Crippen molar-refractivity contribution in [2.24, 2.45) is 11.7 Å². The molecule has 1 heterocycles. The van der Waals surface area contributed by atoms with E-state index < -0.39 is 0 Å². The van der Waals surface area contributed by atoms with Crippen molar-refractivity contribution in [3.63, 3.8) is 0 Å². The van der Waals surface area contributed by atoms with Gasteiger partial charge in [0, 0.05) is 20.2 Å². The molecule has 5 heteroatoms. The molecule has 1 saturated heterocycles. The highest BCUT2D eigenvalue weighted by molar-refractivity contribution is 5.79. The number of primary amides is 1. The van der Waals surface area contributed by atoms with Gasteiger partial charge in [0.1, 0.15) is 0 Å². The van der Waals surface area contributed by atoms with Gasteiger partial charge in [0.25, 0.3) is 0 Å². The smallest absolute Gasteiger partial charge is 0.234 e. The molecule has 18 heavy (non-hydrogen) atoms. The predicted molar refractivity (Wildman–Crippen MR) is 72.3 cm³/mol. The molecule has 1 amide bonds. The van der Waals surface area contributed by atoms with E-state index in [0.29, 0.717) is 5.92 Å². The second-order valence-corrected chi connectivity index (χ2v) is 5.03. The van der Waals surface area contributed by atoms with Gasteiger partial charge in [0.05, 0.1) is 12.6 Å². The molecular weight excluding hydrogens is 230 g/mol. The maximum atomic E-state index is 11.4. The molecule has 106 valence electrons. The van der Waals surface area contributed by atoms with Crippen molar-refractivity contribution in [1.82, 2.24) is 10.2 Å². The van der Waals surface area contributed by atoms with Crippen molar-refractivity contribution < 1.29 is 9.53 Å². The zero-order chi connectivity index (χ0) is 13.4. The molecular formula is C13H27N3O2. The molecule has 0 aromatic heterocycles. The number of hydrogen-bond acceptors (Lipinski definition) is 4. The normalized spacial score (nSPS) is 22.9. The van der Waals surface area contributed by atoms with Crippen LogP contribution in [0.4, 0.5) is 0 Å². The van der Waals surface area contributed by atoms with E-state index >= 15 is 0 Å². The molecule has 0 bridgehead atoms. The Kier molecular flexibility index (Phi) is 7.23. The minimum Gasteiger partial charge on any atom is -0.383 e. The van der Waals surface area contributed by atoms with Crippen LogP contribution in [-0.2, 0) is 9.53 Å². The summed E-state index contributed by atoms with van der Waals surface area (Å²) >= 11 is 0. The van der Waals surface area contributed by atoms with Gasteiger partial charge in [0.15, 0.2) is 0 Å². The molecule has 0 aromatic rings. The summed E-state index contributed by atoms with van der Waals surface area (Å²) in [5, 5.41) is 3.39. The summed E-state index contributed by atoms with van der Waals surface area (Å²) in [4.78, 5) is 13.6. The van der Waals surface area contributed by atoms with Crippen LogP contribution in [0.2, 0.25) is 0 Å². The van der Waals surface area contributed by atoms with E-state index in [-0.39, 0.29) is 11.9 Å². The van der Waals surface area contributed by atoms with Crippen LogP contribution in [0.5, 0.6) is 0 Å². The lowest BCUT2D eigenvalue weighted by atomic mass is 9.96. The first kappa shape index (κ1) is 15.4. The largest absolute Gasteiger partial charge is 0.383 e. The molecule has 1 fully saturated rings. The van der Waals surface area contributed by atoms with Crippen molar-refractivity contribution in [2.45, 2.75) is 32.2 Å². The highest BCUT2D eigenvalue weighted by Gasteiger charge is 2.27. The molecule has 1 aliphatic rings. The maximum Gasteiger partial charge on any atom is 0.234 e. The molecule has 0 aromatic carbocycles. The first-order chi connectivity index (χ1) is 8.69. The second-order valence-electron chi connectivity index (χ2n) is 5.03. The Morgan fingerprint density at radius 1 is 1.61 bits per heavy atom. The molecule has 0 spiro atoms. The van der Waals surface area contributed by atoms with Gasteiger partial charge in [0.2, 0.25) is 5.91 Å². The number of piperidine rings is 1. The van der Waals surface area contributed by atoms with Crippen molar-refractivity contribution in [3.05, 3.63) is 0 Å².